The molecule has 2 aromatic rings. The number of sulfonamides is 1. The number of nitrogens with one attached hydrogen (secondary N) is 1. The molecule has 152 valence electrons. The fraction of sp³-hybridized carbons (Fsp3) is 0.450. The lowest BCUT2D eigenvalue weighted by Crippen LogP contribution is -2.33. The van der Waals surface area contributed by atoms with Crippen molar-refractivity contribution in [3.8, 4) is 0 Å². The first kappa shape index (κ1) is 20.8. The van der Waals surface area contributed by atoms with Gasteiger partial charge in [-0.05, 0) is 55.3 Å². The molecule has 3 rings (SSSR count). The fourth-order valence-electron chi connectivity index (χ4n) is 3.33. The molecule has 1 aliphatic rings. The van der Waals surface area contributed by atoms with E-state index in [2.05, 4.69) is 10.2 Å². The number of rotatable bonds is 7. The summed E-state index contributed by atoms with van der Waals surface area (Å²) in [7, 11) is -0.610. The number of thiophene rings is 1. The highest BCUT2D eigenvalue weighted by molar-refractivity contribution is 7.89. The number of hydrogen-bond acceptors (Lipinski definition) is 5. The molecule has 0 spiro atoms. The number of hydrogen-bond donors (Lipinski definition) is 1. The first-order valence-electron chi connectivity index (χ1n) is 9.51. The van der Waals surface area contributed by atoms with Gasteiger partial charge in [-0.2, -0.15) is 0 Å². The van der Waals surface area contributed by atoms with E-state index in [1.165, 1.54) is 35.8 Å². The van der Waals surface area contributed by atoms with Crippen LogP contribution in [0, 0.1) is 0 Å². The zero-order chi connectivity index (χ0) is 20.1. The van der Waals surface area contributed by atoms with Crippen molar-refractivity contribution in [3.63, 3.8) is 0 Å². The van der Waals surface area contributed by atoms with Gasteiger partial charge in [0.15, 0.2) is 0 Å². The van der Waals surface area contributed by atoms with Gasteiger partial charge in [0.1, 0.15) is 0 Å². The van der Waals surface area contributed by atoms with Gasteiger partial charge in [-0.15, -0.1) is 11.3 Å². The molecule has 2 heterocycles. The summed E-state index contributed by atoms with van der Waals surface area (Å²) in [6.45, 7) is 2.29. The van der Waals surface area contributed by atoms with E-state index in [-0.39, 0.29) is 10.8 Å². The van der Waals surface area contributed by atoms with Crippen LogP contribution in [0.3, 0.4) is 0 Å². The predicted molar refractivity (Wildman–Crippen MR) is 114 cm³/mol. The quantitative estimate of drug-likeness (QED) is 0.746. The zero-order valence-electron chi connectivity index (χ0n) is 16.3. The number of carbonyl (C=O) groups is 1. The molecule has 0 unspecified atom stereocenters. The second-order valence-electron chi connectivity index (χ2n) is 7.10. The Hall–Kier alpha value is -1.90. The Labute approximate surface area is 171 Å². The minimum atomic E-state index is -3.60. The van der Waals surface area contributed by atoms with Crippen molar-refractivity contribution in [2.75, 3.05) is 38.6 Å². The second kappa shape index (κ2) is 9.07. The Morgan fingerprint density at radius 1 is 1.18 bits per heavy atom. The van der Waals surface area contributed by atoms with Crippen LogP contribution in [-0.4, -0.2) is 52.4 Å². The average molecular weight is 422 g/mol. The van der Waals surface area contributed by atoms with Crippen LogP contribution in [0.4, 0.5) is 5.69 Å². The van der Waals surface area contributed by atoms with E-state index in [9.17, 15) is 13.2 Å². The molecule has 6 nitrogen and oxygen atoms in total. The number of carbonyl (C=O) groups excluding carboxylic acids is 1. The van der Waals surface area contributed by atoms with Crippen molar-refractivity contribution in [3.05, 3.63) is 46.2 Å². The van der Waals surface area contributed by atoms with Gasteiger partial charge in [-0.3, -0.25) is 4.79 Å². The number of anilines is 1. The second-order valence-corrected chi connectivity index (χ2v) is 10.3. The number of nitrogens with zero attached hydrogens (tertiary/aromatic N) is 2. The standard InChI is InChI=1S/C20H27N3O3S2/c1-22(2)28(25,26)17-8-9-19(23-12-4-3-5-13-23)18(15-17)20(24)21-11-10-16-7-6-14-27-16/h6-9,14-15H,3-5,10-13H2,1-2H3,(H,21,24). The molecule has 1 aromatic heterocycles. The van der Waals surface area contributed by atoms with Crippen LogP contribution in [0.15, 0.2) is 40.6 Å². The van der Waals surface area contributed by atoms with E-state index < -0.39 is 10.0 Å². The number of amides is 1. The van der Waals surface area contributed by atoms with Crippen molar-refractivity contribution >= 4 is 33.0 Å². The van der Waals surface area contributed by atoms with E-state index in [0.29, 0.717) is 12.1 Å². The summed E-state index contributed by atoms with van der Waals surface area (Å²) in [5, 5.41) is 4.97. The van der Waals surface area contributed by atoms with Crippen LogP contribution in [0.1, 0.15) is 34.5 Å². The van der Waals surface area contributed by atoms with E-state index in [4.69, 9.17) is 0 Å². The number of benzene rings is 1. The van der Waals surface area contributed by atoms with Crippen LogP contribution in [0.5, 0.6) is 0 Å². The largest absolute Gasteiger partial charge is 0.371 e. The summed E-state index contributed by atoms with van der Waals surface area (Å²) < 4.78 is 26.3. The van der Waals surface area contributed by atoms with Gasteiger partial charge in [0.2, 0.25) is 10.0 Å². The Bertz CT molecular complexity index is 903. The first-order chi connectivity index (χ1) is 13.4. The van der Waals surface area contributed by atoms with E-state index in [0.717, 1.165) is 38.0 Å². The van der Waals surface area contributed by atoms with Gasteiger partial charge < -0.3 is 10.2 Å². The lowest BCUT2D eigenvalue weighted by Gasteiger charge is -2.30. The summed E-state index contributed by atoms with van der Waals surface area (Å²) in [6.07, 6.45) is 4.11. The van der Waals surface area contributed by atoms with Crippen LogP contribution in [0.2, 0.25) is 0 Å². The Kier molecular flexibility index (Phi) is 6.74. The van der Waals surface area contributed by atoms with Gasteiger partial charge in [0.25, 0.3) is 5.91 Å². The molecule has 28 heavy (non-hydrogen) atoms. The molecule has 0 radical (unpaired) electrons. The molecular formula is C20H27N3O3S2. The fourth-order valence-corrected chi connectivity index (χ4v) is 4.97. The smallest absolute Gasteiger partial charge is 0.253 e. The minimum absolute atomic E-state index is 0.140. The molecular weight excluding hydrogens is 394 g/mol. The molecule has 8 heteroatoms. The molecule has 0 saturated carbocycles. The highest BCUT2D eigenvalue weighted by atomic mass is 32.2. The summed E-state index contributed by atoms with van der Waals surface area (Å²) in [5.41, 5.74) is 1.24. The molecule has 1 aromatic carbocycles. The molecule has 0 atom stereocenters. The summed E-state index contributed by atoms with van der Waals surface area (Å²) in [4.78, 5) is 16.5. The van der Waals surface area contributed by atoms with Crippen molar-refractivity contribution in [2.45, 2.75) is 30.6 Å². The molecule has 1 fully saturated rings. The van der Waals surface area contributed by atoms with Crippen LogP contribution < -0.4 is 10.2 Å². The molecule has 1 saturated heterocycles. The normalized spacial score (nSPS) is 15.0. The van der Waals surface area contributed by atoms with Gasteiger partial charge in [-0.25, -0.2) is 12.7 Å². The van der Waals surface area contributed by atoms with Crippen LogP contribution in [-0.2, 0) is 16.4 Å². The SMILES string of the molecule is CN(C)S(=O)(=O)c1ccc(N2CCCCC2)c(C(=O)NCCc2cccs2)c1. The monoisotopic (exact) mass is 421 g/mol. The summed E-state index contributed by atoms with van der Waals surface area (Å²) in [5.74, 6) is -0.229. The molecule has 0 bridgehead atoms. The van der Waals surface area contributed by atoms with Crippen molar-refractivity contribution in [1.82, 2.24) is 9.62 Å². The lowest BCUT2D eigenvalue weighted by atomic mass is 10.1. The highest BCUT2D eigenvalue weighted by Gasteiger charge is 2.24. The highest BCUT2D eigenvalue weighted by Crippen LogP contribution is 2.28. The Morgan fingerprint density at radius 3 is 2.57 bits per heavy atom. The summed E-state index contributed by atoms with van der Waals surface area (Å²) in [6, 6.07) is 8.92. The maximum atomic E-state index is 12.9. The third-order valence-corrected chi connectivity index (χ3v) is 7.67. The topological polar surface area (TPSA) is 69.7 Å². The minimum Gasteiger partial charge on any atom is -0.371 e. The Balaban J connectivity index is 1.86. The van der Waals surface area contributed by atoms with E-state index in [1.54, 1.807) is 23.5 Å². The zero-order valence-corrected chi connectivity index (χ0v) is 18.0. The summed E-state index contributed by atoms with van der Waals surface area (Å²) >= 11 is 1.66. The van der Waals surface area contributed by atoms with Gasteiger partial charge >= 0.3 is 0 Å². The van der Waals surface area contributed by atoms with E-state index in [1.807, 2.05) is 17.5 Å². The predicted octanol–water partition coefficient (Wildman–Crippen LogP) is 2.96. The lowest BCUT2D eigenvalue weighted by molar-refractivity contribution is 0.0954. The van der Waals surface area contributed by atoms with E-state index >= 15 is 0 Å². The average Bonchev–Trinajstić information content (AvgIpc) is 3.21. The maximum Gasteiger partial charge on any atom is 0.253 e. The van der Waals surface area contributed by atoms with Crippen LogP contribution >= 0.6 is 11.3 Å². The van der Waals surface area contributed by atoms with Crippen molar-refractivity contribution < 1.29 is 13.2 Å². The van der Waals surface area contributed by atoms with Crippen molar-refractivity contribution in [2.24, 2.45) is 0 Å². The molecule has 1 amide bonds. The Morgan fingerprint density at radius 2 is 1.93 bits per heavy atom. The van der Waals surface area contributed by atoms with Crippen molar-refractivity contribution in [1.29, 1.82) is 0 Å². The van der Waals surface area contributed by atoms with Gasteiger partial charge in [0, 0.05) is 44.3 Å². The maximum absolute atomic E-state index is 12.9. The molecule has 1 aliphatic heterocycles. The third-order valence-electron chi connectivity index (χ3n) is 4.93. The van der Waals surface area contributed by atoms with Gasteiger partial charge in [0.05, 0.1) is 10.5 Å². The third kappa shape index (κ3) is 4.74. The van der Waals surface area contributed by atoms with Gasteiger partial charge in [-0.1, -0.05) is 6.07 Å². The number of piperidine rings is 1. The molecule has 1 N–H and O–H groups in total. The first-order valence-corrected chi connectivity index (χ1v) is 11.8. The van der Waals surface area contributed by atoms with Crippen LogP contribution in [0.25, 0.3) is 0 Å². The molecule has 0 aliphatic carbocycles.